The van der Waals surface area contributed by atoms with Crippen LogP contribution in [0.4, 0.5) is 5.95 Å². The fourth-order valence-electron chi connectivity index (χ4n) is 1.94. The van der Waals surface area contributed by atoms with Gasteiger partial charge >= 0.3 is 0 Å². The van der Waals surface area contributed by atoms with E-state index in [4.69, 9.17) is 0 Å². The highest BCUT2D eigenvalue weighted by atomic mass is 15.2. The summed E-state index contributed by atoms with van der Waals surface area (Å²) in [6.45, 7) is 8.02. The van der Waals surface area contributed by atoms with Gasteiger partial charge in [0.15, 0.2) is 0 Å². The molecule has 0 atom stereocenters. The van der Waals surface area contributed by atoms with Gasteiger partial charge in [0.25, 0.3) is 0 Å². The number of aromatic nitrogens is 2. The molecule has 17 heavy (non-hydrogen) atoms. The van der Waals surface area contributed by atoms with Gasteiger partial charge in [-0.1, -0.05) is 24.3 Å². The lowest BCUT2D eigenvalue weighted by molar-refractivity contribution is 0.794. The second-order valence-electron chi connectivity index (χ2n) is 4.29. The van der Waals surface area contributed by atoms with Gasteiger partial charge in [-0.15, -0.1) is 0 Å². The summed E-state index contributed by atoms with van der Waals surface area (Å²) in [5.74, 6) is 0.952. The van der Waals surface area contributed by atoms with Gasteiger partial charge in [-0.25, -0.2) is 4.98 Å². The number of nitrogens with one attached hydrogen (secondary N) is 1. The molecule has 1 N–H and O–H groups in total. The summed E-state index contributed by atoms with van der Waals surface area (Å²) >= 11 is 0. The van der Waals surface area contributed by atoms with Crippen LogP contribution in [0.5, 0.6) is 0 Å². The van der Waals surface area contributed by atoms with E-state index in [0.717, 1.165) is 24.7 Å². The lowest BCUT2D eigenvalue weighted by Gasteiger charge is -2.10. The van der Waals surface area contributed by atoms with E-state index >= 15 is 0 Å². The zero-order chi connectivity index (χ0) is 12.3. The van der Waals surface area contributed by atoms with Gasteiger partial charge in [0, 0.05) is 12.7 Å². The number of rotatable bonds is 4. The van der Waals surface area contributed by atoms with Crippen molar-refractivity contribution in [2.45, 2.75) is 27.3 Å². The Labute approximate surface area is 103 Å². The molecule has 0 aliphatic rings. The van der Waals surface area contributed by atoms with E-state index < -0.39 is 0 Å². The van der Waals surface area contributed by atoms with Crippen LogP contribution in [-0.4, -0.2) is 16.1 Å². The fraction of sp³-hybridized carbons (Fsp3) is 0.357. The van der Waals surface area contributed by atoms with Crippen molar-refractivity contribution in [1.29, 1.82) is 0 Å². The number of nitrogens with zero attached hydrogens (tertiary/aromatic N) is 2. The van der Waals surface area contributed by atoms with E-state index in [1.54, 1.807) is 0 Å². The van der Waals surface area contributed by atoms with E-state index in [1.165, 1.54) is 11.1 Å². The number of hydrogen-bond donors (Lipinski definition) is 1. The maximum Gasteiger partial charge on any atom is 0.203 e. The number of imidazole rings is 1. The lowest BCUT2D eigenvalue weighted by Crippen LogP contribution is -2.08. The molecule has 1 heterocycles. The first-order valence-electron chi connectivity index (χ1n) is 6.03. The van der Waals surface area contributed by atoms with Crippen LogP contribution >= 0.6 is 0 Å². The number of aryl methyl sites for hydroxylation is 2. The molecule has 2 aromatic rings. The zero-order valence-electron chi connectivity index (χ0n) is 10.7. The molecule has 90 valence electrons. The normalized spacial score (nSPS) is 10.5. The first-order valence-corrected chi connectivity index (χ1v) is 6.03. The van der Waals surface area contributed by atoms with Gasteiger partial charge in [-0.05, 0) is 31.9 Å². The van der Waals surface area contributed by atoms with E-state index in [1.807, 2.05) is 6.92 Å². The predicted molar refractivity (Wildman–Crippen MR) is 71.4 cm³/mol. The predicted octanol–water partition coefficient (Wildman–Crippen LogP) is 2.98. The standard InChI is InChI=1S/C14H19N3/c1-4-15-14-16-12(3)9-17(14)10-13-8-6-5-7-11(13)2/h5-9H,4,10H2,1-3H3,(H,15,16). The average Bonchev–Trinajstić information content (AvgIpc) is 2.63. The maximum atomic E-state index is 4.48. The van der Waals surface area contributed by atoms with E-state index in [9.17, 15) is 0 Å². The Morgan fingerprint density at radius 2 is 2.00 bits per heavy atom. The van der Waals surface area contributed by atoms with Crippen LogP contribution in [-0.2, 0) is 6.54 Å². The Morgan fingerprint density at radius 3 is 2.71 bits per heavy atom. The minimum Gasteiger partial charge on any atom is -0.356 e. The third-order valence-electron chi connectivity index (χ3n) is 2.83. The van der Waals surface area contributed by atoms with E-state index in [-0.39, 0.29) is 0 Å². The van der Waals surface area contributed by atoms with Crippen LogP contribution < -0.4 is 5.32 Å². The minimum atomic E-state index is 0.871. The molecule has 1 aromatic carbocycles. The van der Waals surface area contributed by atoms with Gasteiger partial charge in [-0.3, -0.25) is 0 Å². The smallest absolute Gasteiger partial charge is 0.203 e. The molecule has 0 amide bonds. The van der Waals surface area contributed by atoms with Crippen LogP contribution in [0.25, 0.3) is 0 Å². The number of anilines is 1. The Morgan fingerprint density at radius 1 is 1.24 bits per heavy atom. The minimum absolute atomic E-state index is 0.871. The summed E-state index contributed by atoms with van der Waals surface area (Å²) in [6.07, 6.45) is 2.09. The molecule has 0 spiro atoms. The zero-order valence-corrected chi connectivity index (χ0v) is 10.7. The molecule has 0 fully saturated rings. The highest BCUT2D eigenvalue weighted by Crippen LogP contribution is 2.14. The average molecular weight is 229 g/mol. The molecule has 0 bridgehead atoms. The molecule has 0 saturated heterocycles. The molecule has 1 aromatic heterocycles. The third kappa shape index (κ3) is 2.67. The summed E-state index contributed by atoms with van der Waals surface area (Å²) in [6, 6.07) is 8.47. The van der Waals surface area contributed by atoms with Crippen molar-refractivity contribution in [3.05, 3.63) is 47.3 Å². The molecule has 0 radical (unpaired) electrons. The molecule has 0 unspecified atom stereocenters. The van der Waals surface area contributed by atoms with Crippen LogP contribution in [0, 0.1) is 13.8 Å². The Hall–Kier alpha value is -1.77. The van der Waals surface area contributed by atoms with Gasteiger partial charge in [0.2, 0.25) is 5.95 Å². The van der Waals surface area contributed by atoms with Gasteiger partial charge in [0.1, 0.15) is 0 Å². The second kappa shape index (κ2) is 5.04. The van der Waals surface area contributed by atoms with Crippen LogP contribution in [0.15, 0.2) is 30.5 Å². The van der Waals surface area contributed by atoms with Crippen molar-refractivity contribution in [2.75, 3.05) is 11.9 Å². The molecular formula is C14H19N3. The van der Waals surface area contributed by atoms with Gasteiger partial charge < -0.3 is 9.88 Å². The van der Waals surface area contributed by atoms with Gasteiger partial charge in [-0.2, -0.15) is 0 Å². The molecule has 3 heteroatoms. The first kappa shape index (κ1) is 11.7. The van der Waals surface area contributed by atoms with E-state index in [0.29, 0.717) is 0 Å². The summed E-state index contributed by atoms with van der Waals surface area (Å²) < 4.78 is 2.17. The summed E-state index contributed by atoms with van der Waals surface area (Å²) in [5, 5.41) is 3.29. The Bertz CT molecular complexity index is 500. The first-order chi connectivity index (χ1) is 8.20. The Kier molecular flexibility index (Phi) is 3.47. The third-order valence-corrected chi connectivity index (χ3v) is 2.83. The Balaban J connectivity index is 2.26. The molecule has 0 aliphatic carbocycles. The number of hydrogen-bond acceptors (Lipinski definition) is 2. The summed E-state index contributed by atoms with van der Waals surface area (Å²) in [4.78, 5) is 4.48. The highest BCUT2D eigenvalue weighted by molar-refractivity contribution is 5.32. The molecule has 0 saturated carbocycles. The molecule has 3 nitrogen and oxygen atoms in total. The summed E-state index contributed by atoms with van der Waals surface area (Å²) in [7, 11) is 0. The second-order valence-corrected chi connectivity index (χ2v) is 4.29. The van der Waals surface area contributed by atoms with Crippen molar-refractivity contribution in [2.24, 2.45) is 0 Å². The fourth-order valence-corrected chi connectivity index (χ4v) is 1.94. The van der Waals surface area contributed by atoms with Crippen molar-refractivity contribution < 1.29 is 0 Å². The highest BCUT2D eigenvalue weighted by Gasteiger charge is 2.06. The quantitative estimate of drug-likeness (QED) is 0.873. The van der Waals surface area contributed by atoms with Crippen LogP contribution in [0.1, 0.15) is 23.7 Å². The summed E-state index contributed by atoms with van der Waals surface area (Å²) in [5.41, 5.74) is 3.71. The lowest BCUT2D eigenvalue weighted by atomic mass is 10.1. The van der Waals surface area contributed by atoms with Gasteiger partial charge in [0.05, 0.1) is 12.2 Å². The van der Waals surface area contributed by atoms with E-state index in [2.05, 4.69) is 59.2 Å². The van der Waals surface area contributed by atoms with Crippen molar-refractivity contribution in [1.82, 2.24) is 9.55 Å². The van der Waals surface area contributed by atoms with Crippen molar-refractivity contribution in [3.8, 4) is 0 Å². The molecule has 2 rings (SSSR count). The molecular weight excluding hydrogens is 210 g/mol. The van der Waals surface area contributed by atoms with Crippen LogP contribution in [0.2, 0.25) is 0 Å². The maximum absolute atomic E-state index is 4.48. The SMILES string of the molecule is CCNc1nc(C)cn1Cc1ccccc1C. The van der Waals surface area contributed by atoms with Crippen LogP contribution in [0.3, 0.4) is 0 Å². The monoisotopic (exact) mass is 229 g/mol. The topological polar surface area (TPSA) is 29.9 Å². The van der Waals surface area contributed by atoms with Crippen molar-refractivity contribution >= 4 is 5.95 Å². The van der Waals surface area contributed by atoms with Crippen molar-refractivity contribution in [3.63, 3.8) is 0 Å². The largest absolute Gasteiger partial charge is 0.356 e. The number of benzene rings is 1. The molecule has 0 aliphatic heterocycles.